The van der Waals surface area contributed by atoms with Crippen molar-refractivity contribution in [1.29, 1.82) is 0 Å². The Morgan fingerprint density at radius 1 is 1.42 bits per heavy atom. The van der Waals surface area contributed by atoms with Crippen LogP contribution in [0.1, 0.15) is 42.2 Å². The molecule has 8 heteroatoms. The van der Waals surface area contributed by atoms with Gasteiger partial charge < -0.3 is 19.8 Å². The summed E-state index contributed by atoms with van der Waals surface area (Å²) < 4.78 is 7.73. The van der Waals surface area contributed by atoms with Gasteiger partial charge in [0.25, 0.3) is 0 Å². The SMILES string of the molecule is C=CCN1CC[C@]23c4c5ccc(O)c4O[C@@]2(C)[C@H](N(C)C(=O)/C=C/c2cc(Br)cs2)CC[C@@]3(O)[C@H]1C5. The van der Waals surface area contributed by atoms with E-state index in [4.69, 9.17) is 4.74 Å². The van der Waals surface area contributed by atoms with Gasteiger partial charge in [0.2, 0.25) is 5.91 Å². The molecule has 2 N–H and O–H groups in total. The lowest BCUT2D eigenvalue weighted by Crippen LogP contribution is -2.82. The second-order valence-electron chi connectivity index (χ2n) is 10.7. The number of aliphatic hydroxyl groups is 1. The van der Waals surface area contributed by atoms with E-state index < -0.39 is 16.6 Å². The predicted octanol–water partition coefficient (Wildman–Crippen LogP) is 4.49. The van der Waals surface area contributed by atoms with Crippen LogP contribution in [0.15, 0.2) is 46.8 Å². The molecule has 190 valence electrons. The summed E-state index contributed by atoms with van der Waals surface area (Å²) in [5.74, 6) is 0.479. The number of carbonyl (C=O) groups is 1. The largest absolute Gasteiger partial charge is 0.504 e. The van der Waals surface area contributed by atoms with Crippen molar-refractivity contribution in [1.82, 2.24) is 9.80 Å². The number of phenols is 1. The van der Waals surface area contributed by atoms with Crippen LogP contribution in [0.3, 0.4) is 0 Å². The Bertz CT molecular complexity index is 1290. The number of amides is 1. The number of likely N-dealkylation sites (N-methyl/N-ethyl adjacent to an activating group) is 1. The van der Waals surface area contributed by atoms with Crippen LogP contribution in [0, 0.1) is 0 Å². The second kappa shape index (κ2) is 8.18. The summed E-state index contributed by atoms with van der Waals surface area (Å²) in [6, 6.07) is 5.32. The van der Waals surface area contributed by atoms with Crippen molar-refractivity contribution in [3.63, 3.8) is 0 Å². The van der Waals surface area contributed by atoms with Crippen molar-refractivity contribution in [2.24, 2.45) is 0 Å². The molecule has 36 heavy (non-hydrogen) atoms. The molecule has 2 aliphatic carbocycles. The van der Waals surface area contributed by atoms with E-state index in [0.29, 0.717) is 38.0 Å². The fraction of sp³-hybridized carbons (Fsp3) is 0.464. The number of rotatable bonds is 5. The number of halogens is 1. The third-order valence-corrected chi connectivity index (χ3v) is 11.0. The highest BCUT2D eigenvalue weighted by atomic mass is 79.9. The minimum Gasteiger partial charge on any atom is -0.504 e. The number of carbonyl (C=O) groups excluding carboxylic acids is 1. The van der Waals surface area contributed by atoms with Gasteiger partial charge >= 0.3 is 0 Å². The molecule has 2 bridgehead atoms. The quantitative estimate of drug-likeness (QED) is 0.409. The van der Waals surface area contributed by atoms with Crippen molar-refractivity contribution in [2.75, 3.05) is 20.1 Å². The normalized spacial score (nSPS) is 34.3. The van der Waals surface area contributed by atoms with Gasteiger partial charge in [-0.05, 0) is 72.3 Å². The molecule has 5 atom stereocenters. The van der Waals surface area contributed by atoms with Gasteiger partial charge in [0.1, 0.15) is 5.60 Å². The van der Waals surface area contributed by atoms with Gasteiger partial charge in [-0.2, -0.15) is 0 Å². The van der Waals surface area contributed by atoms with Crippen LogP contribution in [-0.4, -0.2) is 69.3 Å². The number of benzene rings is 1. The maximum atomic E-state index is 13.4. The fourth-order valence-corrected chi connectivity index (χ4v) is 9.19. The number of hydrogen-bond donors (Lipinski definition) is 2. The van der Waals surface area contributed by atoms with E-state index in [-0.39, 0.29) is 23.7 Å². The van der Waals surface area contributed by atoms with E-state index in [1.165, 1.54) is 0 Å². The number of piperidine rings is 1. The summed E-state index contributed by atoms with van der Waals surface area (Å²) in [4.78, 5) is 18.5. The molecule has 0 unspecified atom stereocenters. The monoisotopic (exact) mass is 570 g/mol. The molecule has 6 nitrogen and oxygen atoms in total. The number of thiophene rings is 1. The first-order chi connectivity index (χ1) is 17.2. The van der Waals surface area contributed by atoms with Crippen LogP contribution in [0.4, 0.5) is 0 Å². The number of phenolic OH excluding ortho intramolecular Hbond substituents is 1. The molecule has 4 aliphatic rings. The Morgan fingerprint density at radius 2 is 2.22 bits per heavy atom. The zero-order valence-corrected chi connectivity index (χ0v) is 22.9. The van der Waals surface area contributed by atoms with Crippen LogP contribution < -0.4 is 4.74 Å². The Labute approximate surface area is 224 Å². The van der Waals surface area contributed by atoms with Crippen molar-refractivity contribution >= 4 is 39.2 Å². The highest BCUT2D eigenvalue weighted by Crippen LogP contribution is 2.69. The summed E-state index contributed by atoms with van der Waals surface area (Å²) >= 11 is 5.03. The standard InChI is InChI=1S/C28H31BrN2O4S/c1-4-12-31-13-11-27-24-17-5-7-20(32)25(24)35-26(27,2)21(9-10-28(27,34)22(31)14-17)30(3)23(33)8-6-19-15-18(29)16-36-19/h4-8,15-16,21-22,32,34H,1,9-14H2,2-3H3/b8-6+/t21-,22-,26+,27+,28-/m1/s1. The molecule has 2 aromatic rings. The van der Waals surface area contributed by atoms with E-state index in [1.54, 1.807) is 28.4 Å². The van der Waals surface area contributed by atoms with Crippen molar-refractivity contribution in [3.8, 4) is 11.5 Å². The Morgan fingerprint density at radius 3 is 2.94 bits per heavy atom. The molecule has 1 aromatic heterocycles. The molecule has 1 amide bonds. The lowest BCUT2D eigenvalue weighted by Gasteiger charge is -2.67. The smallest absolute Gasteiger partial charge is 0.246 e. The molecular weight excluding hydrogens is 540 g/mol. The van der Waals surface area contributed by atoms with Gasteiger partial charge in [0.05, 0.1) is 17.1 Å². The topological polar surface area (TPSA) is 73.2 Å². The van der Waals surface area contributed by atoms with Gasteiger partial charge in [-0.25, -0.2) is 0 Å². The first-order valence-electron chi connectivity index (χ1n) is 12.5. The van der Waals surface area contributed by atoms with Gasteiger partial charge in [0, 0.05) is 52.5 Å². The van der Waals surface area contributed by atoms with Crippen molar-refractivity contribution < 1.29 is 19.7 Å². The summed E-state index contributed by atoms with van der Waals surface area (Å²) in [5, 5.41) is 25.5. The number of aromatic hydroxyl groups is 1. The maximum absolute atomic E-state index is 13.4. The van der Waals surface area contributed by atoms with E-state index >= 15 is 0 Å². The summed E-state index contributed by atoms with van der Waals surface area (Å²) in [5.41, 5.74) is -0.573. The van der Waals surface area contributed by atoms with Gasteiger partial charge in [-0.1, -0.05) is 12.1 Å². The van der Waals surface area contributed by atoms with Gasteiger partial charge in [-0.15, -0.1) is 17.9 Å². The maximum Gasteiger partial charge on any atom is 0.246 e. The van der Waals surface area contributed by atoms with Crippen LogP contribution in [0.5, 0.6) is 11.5 Å². The van der Waals surface area contributed by atoms with Crippen molar-refractivity contribution in [2.45, 2.75) is 61.3 Å². The fourth-order valence-electron chi connectivity index (χ4n) is 7.85. The summed E-state index contributed by atoms with van der Waals surface area (Å²) in [6.07, 6.45) is 7.91. The predicted molar refractivity (Wildman–Crippen MR) is 144 cm³/mol. The minimum absolute atomic E-state index is 0.0747. The number of likely N-dealkylation sites (tertiary alicyclic amines) is 1. The Kier molecular flexibility index (Phi) is 5.51. The zero-order chi connectivity index (χ0) is 25.5. The van der Waals surface area contributed by atoms with Crippen LogP contribution in [0.25, 0.3) is 6.08 Å². The highest BCUT2D eigenvalue weighted by Gasteiger charge is 2.78. The average Bonchev–Trinajstić information content (AvgIpc) is 3.38. The van der Waals surface area contributed by atoms with E-state index in [1.807, 2.05) is 43.6 Å². The molecule has 6 rings (SSSR count). The summed E-state index contributed by atoms with van der Waals surface area (Å²) in [7, 11) is 1.83. The molecule has 1 saturated heterocycles. The molecule has 3 heterocycles. The highest BCUT2D eigenvalue weighted by molar-refractivity contribution is 9.10. The molecule has 2 aliphatic heterocycles. The molecule has 2 fully saturated rings. The second-order valence-corrected chi connectivity index (χ2v) is 12.6. The first-order valence-corrected chi connectivity index (χ1v) is 14.1. The van der Waals surface area contributed by atoms with E-state index in [0.717, 1.165) is 27.0 Å². The van der Waals surface area contributed by atoms with Crippen LogP contribution >= 0.6 is 27.3 Å². The minimum atomic E-state index is -1.03. The number of hydrogen-bond acceptors (Lipinski definition) is 6. The number of ether oxygens (including phenoxy) is 1. The third kappa shape index (κ3) is 2.98. The lowest BCUT2D eigenvalue weighted by molar-refractivity contribution is -0.227. The van der Waals surface area contributed by atoms with E-state index in [2.05, 4.69) is 27.4 Å². The van der Waals surface area contributed by atoms with Crippen LogP contribution in [-0.2, 0) is 16.6 Å². The molecule has 1 aromatic carbocycles. The van der Waals surface area contributed by atoms with Crippen LogP contribution in [0.2, 0.25) is 0 Å². The first kappa shape index (κ1) is 24.2. The average molecular weight is 572 g/mol. The molecule has 0 radical (unpaired) electrons. The van der Waals surface area contributed by atoms with Crippen molar-refractivity contribution in [3.05, 3.63) is 62.8 Å². The lowest BCUT2D eigenvalue weighted by atomic mass is 9.44. The number of nitrogens with zero attached hydrogens (tertiary/aromatic N) is 2. The van der Waals surface area contributed by atoms with Gasteiger partial charge in [0.15, 0.2) is 11.5 Å². The molecule has 1 saturated carbocycles. The molecular formula is C28H31BrN2O4S. The Balaban J connectivity index is 1.44. The van der Waals surface area contributed by atoms with Gasteiger partial charge in [-0.3, -0.25) is 9.69 Å². The Hall–Kier alpha value is -2.13. The zero-order valence-electron chi connectivity index (χ0n) is 20.5. The summed E-state index contributed by atoms with van der Waals surface area (Å²) in [6.45, 7) is 7.49. The molecule has 1 spiro atoms. The van der Waals surface area contributed by atoms with E-state index in [9.17, 15) is 15.0 Å². The third-order valence-electron chi connectivity index (χ3n) is 9.32.